The molecule has 0 spiro atoms. The molecule has 1 amide bonds. The monoisotopic (exact) mass is 303 g/mol. The summed E-state index contributed by atoms with van der Waals surface area (Å²) in [5, 5.41) is 11.7. The summed E-state index contributed by atoms with van der Waals surface area (Å²) in [4.78, 5) is 22.9. The first-order valence-corrected chi connectivity index (χ1v) is 6.82. The molecule has 0 aliphatic rings. The maximum Gasteiger partial charge on any atom is 0.335 e. The first kappa shape index (κ1) is 15.1. The van der Waals surface area contributed by atoms with Gasteiger partial charge in [0.25, 0.3) is 5.91 Å². The lowest BCUT2D eigenvalue weighted by atomic mass is 10.1. The van der Waals surface area contributed by atoms with E-state index in [2.05, 4.69) is 5.32 Å². The van der Waals surface area contributed by atoms with Gasteiger partial charge >= 0.3 is 5.97 Å². The van der Waals surface area contributed by atoms with Crippen LogP contribution in [-0.4, -0.2) is 17.0 Å². The van der Waals surface area contributed by atoms with Crippen molar-refractivity contribution in [2.45, 2.75) is 13.3 Å². The summed E-state index contributed by atoms with van der Waals surface area (Å²) >= 11 is 5.97. The van der Waals surface area contributed by atoms with Crippen molar-refractivity contribution in [2.24, 2.45) is 0 Å². The number of halogens is 1. The smallest absolute Gasteiger partial charge is 0.335 e. The lowest BCUT2D eigenvalue weighted by Gasteiger charge is -2.08. The van der Waals surface area contributed by atoms with E-state index in [9.17, 15) is 9.59 Å². The van der Waals surface area contributed by atoms with Gasteiger partial charge in [0.2, 0.25) is 0 Å². The fraction of sp³-hybridized carbons (Fsp3) is 0.125. The molecule has 0 saturated heterocycles. The number of amides is 1. The van der Waals surface area contributed by atoms with Gasteiger partial charge in [0, 0.05) is 5.56 Å². The van der Waals surface area contributed by atoms with Gasteiger partial charge in [0.05, 0.1) is 16.3 Å². The molecule has 0 radical (unpaired) electrons. The Morgan fingerprint density at radius 1 is 1.10 bits per heavy atom. The maximum absolute atomic E-state index is 12.1. The van der Waals surface area contributed by atoms with Gasteiger partial charge in [-0.05, 0) is 42.3 Å². The van der Waals surface area contributed by atoms with Crippen LogP contribution in [-0.2, 0) is 6.42 Å². The van der Waals surface area contributed by atoms with E-state index < -0.39 is 5.97 Å². The number of rotatable bonds is 4. The van der Waals surface area contributed by atoms with Gasteiger partial charge < -0.3 is 10.4 Å². The number of carbonyl (C=O) groups excluding carboxylic acids is 1. The second-order valence-corrected chi connectivity index (χ2v) is 4.91. The van der Waals surface area contributed by atoms with Gasteiger partial charge in [0.1, 0.15) is 0 Å². The highest BCUT2D eigenvalue weighted by atomic mass is 35.5. The maximum atomic E-state index is 12.1. The van der Waals surface area contributed by atoms with Crippen LogP contribution >= 0.6 is 11.6 Å². The molecule has 0 atom stereocenters. The third kappa shape index (κ3) is 3.61. The molecule has 4 nitrogen and oxygen atoms in total. The number of carboxylic acids is 1. The molecule has 0 aromatic heterocycles. The molecule has 0 aliphatic heterocycles. The summed E-state index contributed by atoms with van der Waals surface area (Å²) in [6.07, 6.45) is 0.907. The number of carbonyl (C=O) groups is 2. The number of hydrogen-bond acceptors (Lipinski definition) is 2. The molecule has 0 bridgehead atoms. The van der Waals surface area contributed by atoms with Gasteiger partial charge in [-0.2, -0.15) is 0 Å². The largest absolute Gasteiger partial charge is 0.478 e. The quantitative estimate of drug-likeness (QED) is 0.901. The van der Waals surface area contributed by atoms with E-state index >= 15 is 0 Å². The minimum absolute atomic E-state index is 0.0743. The lowest BCUT2D eigenvalue weighted by Crippen LogP contribution is -2.12. The van der Waals surface area contributed by atoms with Gasteiger partial charge in [-0.15, -0.1) is 0 Å². The Morgan fingerprint density at radius 3 is 2.24 bits per heavy atom. The highest BCUT2D eigenvalue weighted by molar-refractivity contribution is 6.34. The molecule has 2 aromatic rings. The van der Waals surface area contributed by atoms with E-state index in [0.717, 1.165) is 12.0 Å². The molecule has 0 fully saturated rings. The van der Waals surface area contributed by atoms with Gasteiger partial charge in [-0.3, -0.25) is 4.79 Å². The lowest BCUT2D eigenvalue weighted by molar-refractivity contribution is 0.0696. The Morgan fingerprint density at radius 2 is 1.71 bits per heavy atom. The molecule has 108 valence electrons. The number of aromatic carboxylic acids is 1. The van der Waals surface area contributed by atoms with Crippen LogP contribution in [0.5, 0.6) is 0 Å². The van der Waals surface area contributed by atoms with Crippen LogP contribution in [0.15, 0.2) is 42.5 Å². The Kier molecular flexibility index (Phi) is 4.60. The van der Waals surface area contributed by atoms with Crippen molar-refractivity contribution in [3.05, 3.63) is 64.2 Å². The second kappa shape index (κ2) is 6.41. The van der Waals surface area contributed by atoms with Gasteiger partial charge in [0.15, 0.2) is 0 Å². The number of aryl methyl sites for hydroxylation is 1. The SMILES string of the molecule is CCc1ccc(C(=O)Nc2ccc(C(=O)O)cc2Cl)cc1. The normalized spacial score (nSPS) is 10.2. The van der Waals surface area contributed by atoms with Crippen LogP contribution in [0.25, 0.3) is 0 Å². The van der Waals surface area contributed by atoms with Crippen LogP contribution in [0.1, 0.15) is 33.2 Å². The number of benzene rings is 2. The summed E-state index contributed by atoms with van der Waals surface area (Å²) in [6.45, 7) is 2.04. The summed E-state index contributed by atoms with van der Waals surface area (Å²) in [5.74, 6) is -1.35. The number of anilines is 1. The summed E-state index contributed by atoms with van der Waals surface area (Å²) in [6, 6.07) is 11.4. The topological polar surface area (TPSA) is 66.4 Å². The molecule has 0 saturated carbocycles. The van der Waals surface area contributed by atoms with Crippen molar-refractivity contribution in [1.29, 1.82) is 0 Å². The van der Waals surface area contributed by atoms with E-state index in [4.69, 9.17) is 16.7 Å². The van der Waals surface area contributed by atoms with Crippen LogP contribution < -0.4 is 5.32 Å². The Hall–Kier alpha value is -2.33. The van der Waals surface area contributed by atoms with Crippen molar-refractivity contribution < 1.29 is 14.7 Å². The zero-order valence-corrected chi connectivity index (χ0v) is 12.1. The fourth-order valence-electron chi connectivity index (χ4n) is 1.84. The Labute approximate surface area is 127 Å². The third-order valence-corrected chi connectivity index (χ3v) is 3.40. The highest BCUT2D eigenvalue weighted by Crippen LogP contribution is 2.23. The number of hydrogen-bond donors (Lipinski definition) is 2. The predicted octanol–water partition coefficient (Wildman–Crippen LogP) is 3.85. The van der Waals surface area contributed by atoms with Crippen LogP contribution in [0.4, 0.5) is 5.69 Å². The van der Waals surface area contributed by atoms with Crippen molar-refractivity contribution in [1.82, 2.24) is 0 Å². The molecule has 2 aromatic carbocycles. The van der Waals surface area contributed by atoms with E-state index in [0.29, 0.717) is 11.3 Å². The molecule has 2 rings (SSSR count). The van der Waals surface area contributed by atoms with E-state index in [1.807, 2.05) is 19.1 Å². The van der Waals surface area contributed by atoms with Crippen LogP contribution in [0, 0.1) is 0 Å². The van der Waals surface area contributed by atoms with Crippen molar-refractivity contribution in [2.75, 3.05) is 5.32 Å². The molecular formula is C16H14ClNO3. The standard InChI is InChI=1S/C16H14ClNO3/c1-2-10-3-5-11(6-4-10)15(19)18-14-8-7-12(16(20)21)9-13(14)17/h3-9H,2H2,1H3,(H,18,19)(H,20,21). The van der Waals surface area contributed by atoms with Crippen molar-refractivity contribution >= 4 is 29.2 Å². The molecule has 0 aliphatic carbocycles. The zero-order valence-electron chi connectivity index (χ0n) is 11.4. The predicted molar refractivity (Wildman–Crippen MR) is 82.2 cm³/mol. The minimum Gasteiger partial charge on any atom is -0.478 e. The molecule has 0 unspecified atom stereocenters. The summed E-state index contributed by atoms with van der Waals surface area (Å²) in [7, 11) is 0. The van der Waals surface area contributed by atoms with E-state index in [1.165, 1.54) is 18.2 Å². The van der Waals surface area contributed by atoms with Crippen LogP contribution in [0.2, 0.25) is 5.02 Å². The minimum atomic E-state index is -1.06. The average Bonchev–Trinajstić information content (AvgIpc) is 2.49. The molecule has 21 heavy (non-hydrogen) atoms. The first-order chi connectivity index (χ1) is 10.0. The summed E-state index contributed by atoms with van der Waals surface area (Å²) in [5.41, 5.74) is 2.12. The highest BCUT2D eigenvalue weighted by Gasteiger charge is 2.11. The molecule has 0 heterocycles. The van der Waals surface area contributed by atoms with Gasteiger partial charge in [-0.25, -0.2) is 4.79 Å². The summed E-state index contributed by atoms with van der Waals surface area (Å²) < 4.78 is 0. The van der Waals surface area contributed by atoms with Crippen molar-refractivity contribution in [3.63, 3.8) is 0 Å². The average molecular weight is 304 g/mol. The molecular weight excluding hydrogens is 290 g/mol. The fourth-order valence-corrected chi connectivity index (χ4v) is 2.06. The second-order valence-electron chi connectivity index (χ2n) is 4.50. The number of nitrogens with one attached hydrogen (secondary N) is 1. The first-order valence-electron chi connectivity index (χ1n) is 6.44. The van der Waals surface area contributed by atoms with E-state index in [1.54, 1.807) is 12.1 Å². The van der Waals surface area contributed by atoms with E-state index in [-0.39, 0.29) is 16.5 Å². The molecule has 2 N–H and O–H groups in total. The Bertz CT molecular complexity index is 680. The molecule has 5 heteroatoms. The zero-order chi connectivity index (χ0) is 15.4. The number of carboxylic acid groups (broad SMARTS) is 1. The van der Waals surface area contributed by atoms with Crippen molar-refractivity contribution in [3.8, 4) is 0 Å². The van der Waals surface area contributed by atoms with Gasteiger partial charge in [-0.1, -0.05) is 30.7 Å². The third-order valence-electron chi connectivity index (χ3n) is 3.09. The Balaban J connectivity index is 2.17. The van der Waals surface area contributed by atoms with Crippen LogP contribution in [0.3, 0.4) is 0 Å².